The van der Waals surface area contributed by atoms with Crippen molar-refractivity contribution >= 4 is 17.7 Å². The largest absolute Gasteiger partial charge is 0.495 e. The molecule has 1 saturated carbocycles. The summed E-state index contributed by atoms with van der Waals surface area (Å²) in [6, 6.07) is 3.97. The third-order valence-electron chi connectivity index (χ3n) is 4.13. The molecule has 0 aromatic heterocycles. The van der Waals surface area contributed by atoms with Gasteiger partial charge < -0.3 is 4.74 Å². The van der Waals surface area contributed by atoms with Gasteiger partial charge in [-0.05, 0) is 42.0 Å². The van der Waals surface area contributed by atoms with Crippen LogP contribution in [0.2, 0.25) is 5.02 Å². The Morgan fingerprint density at radius 2 is 2.00 bits per heavy atom. The molecule has 1 fully saturated rings. The molecule has 0 unspecified atom stereocenters. The number of ether oxygens (including phenoxy) is 1. The maximum absolute atomic E-state index is 10.8. The lowest BCUT2D eigenvalue weighted by Crippen LogP contribution is -2.19. The number of benzene rings is 1. The molecular weight excluding hydrogens is 274 g/mol. The van der Waals surface area contributed by atoms with Gasteiger partial charge in [0.15, 0.2) is 0 Å². The molecule has 0 bridgehead atoms. The van der Waals surface area contributed by atoms with E-state index in [1.807, 2.05) is 6.07 Å². The standard InChI is InChI=1S/C16H20ClNO2/c1-11(2)13-8-12(9-14(17)15(13)20-3)16(18-10-19)6-4-5-7-16/h8-9,11H,4-7H2,1-3H3. The second kappa shape index (κ2) is 5.99. The fraction of sp³-hybridized carbons (Fsp3) is 0.562. The van der Waals surface area contributed by atoms with E-state index in [1.54, 1.807) is 13.2 Å². The highest BCUT2D eigenvalue weighted by molar-refractivity contribution is 6.32. The maximum atomic E-state index is 10.8. The van der Waals surface area contributed by atoms with Gasteiger partial charge in [0.1, 0.15) is 5.75 Å². The van der Waals surface area contributed by atoms with Gasteiger partial charge in [0, 0.05) is 0 Å². The minimum atomic E-state index is -0.443. The van der Waals surface area contributed by atoms with Crippen LogP contribution in [0.1, 0.15) is 56.6 Å². The predicted molar refractivity (Wildman–Crippen MR) is 80.4 cm³/mol. The summed E-state index contributed by atoms with van der Waals surface area (Å²) in [5.74, 6) is 1.01. The molecular formula is C16H20ClNO2. The van der Waals surface area contributed by atoms with Crippen molar-refractivity contribution in [2.45, 2.75) is 51.0 Å². The van der Waals surface area contributed by atoms with E-state index in [9.17, 15) is 4.79 Å². The van der Waals surface area contributed by atoms with E-state index in [1.165, 1.54) is 0 Å². The zero-order valence-electron chi connectivity index (χ0n) is 12.2. The zero-order chi connectivity index (χ0) is 14.8. The molecule has 0 aliphatic heterocycles. The maximum Gasteiger partial charge on any atom is 0.235 e. The lowest BCUT2D eigenvalue weighted by molar-refractivity contribution is 0.405. The van der Waals surface area contributed by atoms with E-state index in [0.717, 1.165) is 36.8 Å². The highest BCUT2D eigenvalue weighted by Crippen LogP contribution is 2.45. The van der Waals surface area contributed by atoms with Crippen molar-refractivity contribution < 1.29 is 9.53 Å². The average Bonchev–Trinajstić information content (AvgIpc) is 2.88. The number of rotatable bonds is 4. The number of aliphatic imine (C=N–C) groups is 1. The van der Waals surface area contributed by atoms with Crippen molar-refractivity contribution in [3.63, 3.8) is 0 Å². The Morgan fingerprint density at radius 1 is 1.35 bits per heavy atom. The van der Waals surface area contributed by atoms with Crippen LogP contribution in [0.5, 0.6) is 5.75 Å². The number of isocyanates is 1. The average molecular weight is 294 g/mol. The summed E-state index contributed by atoms with van der Waals surface area (Å²) in [5.41, 5.74) is 1.62. The first-order chi connectivity index (χ1) is 9.54. The number of hydrogen-bond donors (Lipinski definition) is 0. The number of hydrogen-bond acceptors (Lipinski definition) is 3. The number of methoxy groups -OCH3 is 1. The predicted octanol–water partition coefficient (Wildman–Crippen LogP) is 4.58. The topological polar surface area (TPSA) is 38.7 Å². The Kier molecular flexibility index (Phi) is 4.52. The van der Waals surface area contributed by atoms with E-state index < -0.39 is 5.54 Å². The molecule has 0 saturated heterocycles. The summed E-state index contributed by atoms with van der Waals surface area (Å²) in [6.07, 6.45) is 5.65. The first-order valence-electron chi connectivity index (χ1n) is 7.01. The van der Waals surface area contributed by atoms with Crippen LogP contribution in [-0.2, 0) is 10.3 Å². The van der Waals surface area contributed by atoms with E-state index in [-0.39, 0.29) is 0 Å². The number of carbonyl (C=O) groups excluding carboxylic acids is 1. The highest BCUT2D eigenvalue weighted by Gasteiger charge is 2.36. The van der Waals surface area contributed by atoms with Crippen LogP contribution < -0.4 is 4.74 Å². The molecule has 1 aliphatic rings. The van der Waals surface area contributed by atoms with Crippen LogP contribution in [0.15, 0.2) is 17.1 Å². The van der Waals surface area contributed by atoms with E-state index >= 15 is 0 Å². The molecule has 3 nitrogen and oxygen atoms in total. The molecule has 20 heavy (non-hydrogen) atoms. The van der Waals surface area contributed by atoms with E-state index in [0.29, 0.717) is 16.7 Å². The fourth-order valence-corrected chi connectivity index (χ4v) is 3.34. The number of nitrogens with zero attached hydrogens (tertiary/aromatic N) is 1. The molecule has 2 rings (SSSR count). The van der Waals surface area contributed by atoms with Gasteiger partial charge in [0.2, 0.25) is 6.08 Å². The van der Waals surface area contributed by atoms with Gasteiger partial charge in [-0.2, -0.15) is 4.99 Å². The minimum Gasteiger partial charge on any atom is -0.495 e. The molecule has 0 amide bonds. The normalized spacial score (nSPS) is 17.1. The lowest BCUT2D eigenvalue weighted by atomic mass is 9.86. The summed E-state index contributed by atoms with van der Waals surface area (Å²) in [5, 5.41) is 0.584. The molecule has 1 aromatic rings. The van der Waals surface area contributed by atoms with Gasteiger partial charge >= 0.3 is 0 Å². The van der Waals surface area contributed by atoms with Crippen LogP contribution >= 0.6 is 11.6 Å². The van der Waals surface area contributed by atoms with Gasteiger partial charge in [-0.15, -0.1) is 0 Å². The fourth-order valence-electron chi connectivity index (χ4n) is 3.04. The van der Waals surface area contributed by atoms with Gasteiger partial charge in [-0.3, -0.25) is 0 Å². The second-order valence-electron chi connectivity index (χ2n) is 5.68. The van der Waals surface area contributed by atoms with Crippen LogP contribution in [0.25, 0.3) is 0 Å². The third kappa shape index (κ3) is 2.61. The molecule has 0 radical (unpaired) electrons. The molecule has 0 spiro atoms. The third-order valence-corrected chi connectivity index (χ3v) is 4.41. The summed E-state index contributed by atoms with van der Waals surface area (Å²) in [4.78, 5) is 14.9. The molecule has 1 aliphatic carbocycles. The van der Waals surface area contributed by atoms with Crippen LogP contribution in [0, 0.1) is 0 Å². The molecule has 0 heterocycles. The molecule has 0 N–H and O–H groups in total. The van der Waals surface area contributed by atoms with E-state index in [2.05, 4.69) is 24.9 Å². The second-order valence-corrected chi connectivity index (χ2v) is 6.08. The summed E-state index contributed by atoms with van der Waals surface area (Å²) < 4.78 is 5.41. The SMILES string of the molecule is COc1c(Cl)cc(C2(N=C=O)CCCC2)cc1C(C)C. The minimum absolute atomic E-state index is 0.293. The van der Waals surface area contributed by atoms with E-state index in [4.69, 9.17) is 16.3 Å². The molecule has 0 atom stereocenters. The zero-order valence-corrected chi connectivity index (χ0v) is 13.0. The Hall–Kier alpha value is -1.31. The molecule has 4 heteroatoms. The first-order valence-corrected chi connectivity index (χ1v) is 7.39. The van der Waals surface area contributed by atoms with Gasteiger partial charge in [0.05, 0.1) is 17.7 Å². The van der Waals surface area contributed by atoms with Crippen molar-refractivity contribution in [1.82, 2.24) is 0 Å². The number of halogens is 1. The lowest BCUT2D eigenvalue weighted by Gasteiger charge is -2.25. The van der Waals surface area contributed by atoms with Gasteiger partial charge in [-0.1, -0.05) is 38.3 Å². The van der Waals surface area contributed by atoms with Gasteiger partial charge in [0.25, 0.3) is 0 Å². The highest BCUT2D eigenvalue weighted by atomic mass is 35.5. The van der Waals surface area contributed by atoms with Crippen LogP contribution in [-0.4, -0.2) is 13.2 Å². The van der Waals surface area contributed by atoms with Crippen molar-refractivity contribution in [2.24, 2.45) is 4.99 Å². The summed E-state index contributed by atoms with van der Waals surface area (Å²) in [7, 11) is 1.63. The van der Waals surface area contributed by atoms with Crippen molar-refractivity contribution in [3.05, 3.63) is 28.3 Å². The quantitative estimate of drug-likeness (QED) is 0.602. The summed E-state index contributed by atoms with van der Waals surface area (Å²) in [6.45, 7) is 4.20. The smallest absolute Gasteiger partial charge is 0.235 e. The van der Waals surface area contributed by atoms with Crippen LogP contribution in [0.3, 0.4) is 0 Å². The summed E-state index contributed by atoms with van der Waals surface area (Å²) >= 11 is 6.35. The monoisotopic (exact) mass is 293 g/mol. The Balaban J connectivity index is 2.60. The Bertz CT molecular complexity index is 542. The van der Waals surface area contributed by atoms with Crippen molar-refractivity contribution in [2.75, 3.05) is 7.11 Å². The Labute approximate surface area is 125 Å². The van der Waals surface area contributed by atoms with Crippen molar-refractivity contribution in [1.29, 1.82) is 0 Å². The first kappa shape index (κ1) is 15.1. The van der Waals surface area contributed by atoms with Gasteiger partial charge in [-0.25, -0.2) is 4.79 Å². The molecule has 1 aromatic carbocycles. The Morgan fingerprint density at radius 3 is 2.50 bits per heavy atom. The van der Waals surface area contributed by atoms with Crippen LogP contribution in [0.4, 0.5) is 0 Å². The molecule has 108 valence electrons. The van der Waals surface area contributed by atoms with Crippen molar-refractivity contribution in [3.8, 4) is 5.75 Å².